The highest BCUT2D eigenvalue weighted by molar-refractivity contribution is 7.99. The van der Waals surface area contributed by atoms with E-state index in [0.717, 1.165) is 22.4 Å². The minimum atomic E-state index is -0.464. The Balaban J connectivity index is 1.40. The quantitative estimate of drug-likeness (QED) is 0.379. The maximum Gasteiger partial charge on any atom is 0.184 e. The molecule has 2 aliphatic rings. The number of benzene rings is 3. The lowest BCUT2D eigenvalue weighted by Gasteiger charge is -2.49. The van der Waals surface area contributed by atoms with E-state index in [1.54, 1.807) is 11.8 Å². The smallest absolute Gasteiger partial charge is 0.184 e. The Kier molecular flexibility index (Phi) is 8.52. The van der Waals surface area contributed by atoms with Gasteiger partial charge in [0.2, 0.25) is 0 Å². The van der Waals surface area contributed by atoms with Gasteiger partial charge in [-0.15, -0.1) is 11.8 Å². The molecule has 3 aromatic carbocycles. The van der Waals surface area contributed by atoms with Crippen LogP contribution in [0.1, 0.15) is 29.9 Å². The summed E-state index contributed by atoms with van der Waals surface area (Å²) in [6.45, 7) is 3.54. The summed E-state index contributed by atoms with van der Waals surface area (Å²) in [5, 5.41) is 0. The third-order valence-electron chi connectivity index (χ3n) is 6.26. The van der Waals surface area contributed by atoms with Gasteiger partial charge in [-0.1, -0.05) is 97.9 Å². The number of thioether (sulfide) groups is 1. The molecule has 2 fully saturated rings. The van der Waals surface area contributed by atoms with Crippen LogP contribution < -0.4 is 0 Å². The first-order valence-corrected chi connectivity index (χ1v) is 13.3. The molecule has 5 nitrogen and oxygen atoms in total. The molecule has 2 heterocycles. The van der Waals surface area contributed by atoms with Gasteiger partial charge >= 0.3 is 0 Å². The number of fused-ring (bicyclic) bond motifs is 1. The van der Waals surface area contributed by atoms with E-state index in [0.29, 0.717) is 19.8 Å². The van der Waals surface area contributed by atoms with E-state index in [2.05, 4.69) is 31.2 Å². The Bertz CT molecular complexity index is 1020. The van der Waals surface area contributed by atoms with Crippen LogP contribution in [0.15, 0.2) is 91.0 Å². The summed E-state index contributed by atoms with van der Waals surface area (Å²) < 4.78 is 32.2. The van der Waals surface area contributed by atoms with Crippen LogP contribution in [0.3, 0.4) is 0 Å². The Morgan fingerprint density at radius 2 is 1.31 bits per heavy atom. The van der Waals surface area contributed by atoms with Crippen LogP contribution in [-0.2, 0) is 36.9 Å². The van der Waals surface area contributed by atoms with Crippen LogP contribution in [0, 0.1) is 0 Å². The molecular weight excluding hydrogens is 460 g/mol. The zero-order valence-electron chi connectivity index (χ0n) is 19.9. The van der Waals surface area contributed by atoms with Crippen molar-refractivity contribution in [2.75, 3.05) is 12.4 Å². The molecule has 0 N–H and O–H groups in total. The first-order chi connectivity index (χ1) is 17.3. The number of hydrogen-bond donors (Lipinski definition) is 0. The third-order valence-corrected chi connectivity index (χ3v) is 7.30. The van der Waals surface area contributed by atoms with Gasteiger partial charge in [0.15, 0.2) is 6.29 Å². The van der Waals surface area contributed by atoms with Crippen LogP contribution in [0.25, 0.3) is 0 Å². The van der Waals surface area contributed by atoms with Crippen molar-refractivity contribution >= 4 is 11.8 Å². The highest BCUT2D eigenvalue weighted by Gasteiger charge is 2.51. The molecule has 6 heteroatoms. The zero-order valence-corrected chi connectivity index (χ0v) is 20.7. The molecule has 6 atom stereocenters. The molecule has 0 aliphatic carbocycles. The Morgan fingerprint density at radius 3 is 1.91 bits per heavy atom. The minimum absolute atomic E-state index is 0.175. The van der Waals surface area contributed by atoms with Crippen LogP contribution in [-0.4, -0.2) is 42.2 Å². The van der Waals surface area contributed by atoms with Crippen molar-refractivity contribution in [2.24, 2.45) is 0 Å². The second-order valence-electron chi connectivity index (χ2n) is 8.70. The van der Waals surface area contributed by atoms with Crippen molar-refractivity contribution < 1.29 is 23.7 Å². The summed E-state index contributed by atoms with van der Waals surface area (Å²) in [5.74, 6) is 0.910. The highest BCUT2D eigenvalue weighted by atomic mass is 32.2. The Morgan fingerprint density at radius 1 is 0.743 bits per heavy atom. The lowest BCUT2D eigenvalue weighted by atomic mass is 9.98. The molecule has 0 spiro atoms. The molecule has 0 amide bonds. The summed E-state index contributed by atoms with van der Waals surface area (Å²) in [6, 6.07) is 30.5. The van der Waals surface area contributed by atoms with Gasteiger partial charge in [-0.05, 0) is 16.9 Å². The summed E-state index contributed by atoms with van der Waals surface area (Å²) >= 11 is 1.74. The van der Waals surface area contributed by atoms with Gasteiger partial charge in [0.25, 0.3) is 0 Å². The third kappa shape index (κ3) is 6.15. The van der Waals surface area contributed by atoms with E-state index in [-0.39, 0.29) is 29.9 Å². The average molecular weight is 493 g/mol. The average Bonchev–Trinajstić information content (AvgIpc) is 2.92. The largest absolute Gasteiger partial charge is 0.368 e. The number of ether oxygens (including phenoxy) is 5. The van der Waals surface area contributed by atoms with E-state index in [9.17, 15) is 0 Å². The van der Waals surface area contributed by atoms with Crippen molar-refractivity contribution in [3.8, 4) is 0 Å². The monoisotopic (exact) mass is 492 g/mol. The Hall–Kier alpha value is -2.19. The normalized spacial score (nSPS) is 28.4. The van der Waals surface area contributed by atoms with Crippen LogP contribution in [0.2, 0.25) is 0 Å². The second kappa shape index (κ2) is 12.2. The minimum Gasteiger partial charge on any atom is -0.368 e. The van der Waals surface area contributed by atoms with Gasteiger partial charge in [0, 0.05) is 5.56 Å². The molecular formula is C29H32O5S. The molecule has 2 aliphatic heterocycles. The maximum absolute atomic E-state index is 6.60. The van der Waals surface area contributed by atoms with E-state index in [4.69, 9.17) is 23.7 Å². The molecule has 0 aromatic heterocycles. The first-order valence-electron chi connectivity index (χ1n) is 12.2. The molecule has 3 aromatic rings. The molecule has 5 rings (SSSR count). The topological polar surface area (TPSA) is 46.2 Å². The van der Waals surface area contributed by atoms with Crippen LogP contribution >= 0.6 is 11.8 Å². The fourth-order valence-electron chi connectivity index (χ4n) is 4.52. The molecule has 3 unspecified atom stereocenters. The van der Waals surface area contributed by atoms with Gasteiger partial charge in [0.1, 0.15) is 29.9 Å². The summed E-state index contributed by atoms with van der Waals surface area (Å²) in [5.41, 5.74) is 3.04. The van der Waals surface area contributed by atoms with E-state index in [1.165, 1.54) is 0 Å². The number of hydrogen-bond acceptors (Lipinski definition) is 6. The SMILES string of the molecule is CCS[C@H]1OC2COC(c3ccccc3)O[C@H]2[C@@H](OCc2ccccc2)C1OCc1ccccc1. The predicted octanol–water partition coefficient (Wildman–Crippen LogP) is 5.75. The van der Waals surface area contributed by atoms with Crippen molar-refractivity contribution in [3.05, 3.63) is 108 Å². The van der Waals surface area contributed by atoms with Crippen LogP contribution in [0.5, 0.6) is 0 Å². The molecule has 35 heavy (non-hydrogen) atoms. The summed E-state index contributed by atoms with van der Waals surface area (Å²) in [6.07, 6.45) is -1.60. The van der Waals surface area contributed by atoms with Gasteiger partial charge in [-0.25, -0.2) is 0 Å². The van der Waals surface area contributed by atoms with Crippen molar-refractivity contribution in [3.63, 3.8) is 0 Å². The lowest BCUT2D eigenvalue weighted by molar-refractivity contribution is -0.329. The standard InChI is InChI=1S/C29H32O5S/c1-2-35-29-27(31-19-22-14-8-4-9-15-22)26(30-18-21-12-6-3-7-13-21)25-24(33-29)20-32-28(34-25)23-16-10-5-11-17-23/h3-17,24-29H,2,18-20H2,1H3/t24?,25-,26-,27?,28?,29-/m1/s1. The second-order valence-corrected chi connectivity index (χ2v) is 10.1. The summed E-state index contributed by atoms with van der Waals surface area (Å²) in [4.78, 5) is 0. The zero-order chi connectivity index (χ0) is 23.9. The first kappa shape index (κ1) is 24.5. The predicted molar refractivity (Wildman–Crippen MR) is 137 cm³/mol. The molecule has 0 radical (unpaired) electrons. The molecule has 184 valence electrons. The van der Waals surface area contributed by atoms with Crippen LogP contribution in [0.4, 0.5) is 0 Å². The van der Waals surface area contributed by atoms with Gasteiger partial charge in [0.05, 0.1) is 19.8 Å². The van der Waals surface area contributed by atoms with Crippen molar-refractivity contribution in [1.82, 2.24) is 0 Å². The van der Waals surface area contributed by atoms with Crippen molar-refractivity contribution in [2.45, 2.75) is 56.3 Å². The van der Waals surface area contributed by atoms with Gasteiger partial charge < -0.3 is 23.7 Å². The molecule has 0 bridgehead atoms. The maximum atomic E-state index is 6.60. The number of rotatable bonds is 9. The highest BCUT2D eigenvalue weighted by Crippen LogP contribution is 2.39. The molecule has 0 saturated carbocycles. The van der Waals surface area contributed by atoms with E-state index in [1.807, 2.05) is 66.7 Å². The summed E-state index contributed by atoms with van der Waals surface area (Å²) in [7, 11) is 0. The van der Waals surface area contributed by atoms with E-state index < -0.39 is 6.29 Å². The lowest BCUT2D eigenvalue weighted by Crippen LogP contribution is -2.62. The van der Waals surface area contributed by atoms with Crippen molar-refractivity contribution in [1.29, 1.82) is 0 Å². The van der Waals surface area contributed by atoms with E-state index >= 15 is 0 Å². The van der Waals surface area contributed by atoms with Gasteiger partial charge in [-0.2, -0.15) is 0 Å². The fourth-order valence-corrected chi connectivity index (χ4v) is 5.50. The Labute approximate surface area is 211 Å². The van der Waals surface area contributed by atoms with Gasteiger partial charge in [-0.3, -0.25) is 0 Å². The molecule has 2 saturated heterocycles. The fraction of sp³-hybridized carbons (Fsp3) is 0.379.